The predicted octanol–water partition coefficient (Wildman–Crippen LogP) is 5.39. The molecule has 0 aliphatic heterocycles. The van der Waals surface area contributed by atoms with Gasteiger partial charge in [0.25, 0.3) is 0 Å². The summed E-state index contributed by atoms with van der Waals surface area (Å²) in [5, 5.41) is 0. The molecule has 0 fully saturated rings. The Labute approximate surface area is 137 Å². The molecular weight excluding hydrogens is 306 g/mol. The van der Waals surface area contributed by atoms with E-state index in [9.17, 15) is 0 Å². The van der Waals surface area contributed by atoms with Gasteiger partial charge in [0.15, 0.2) is 0 Å². The first-order valence-electron chi connectivity index (χ1n) is 5.25. The summed E-state index contributed by atoms with van der Waals surface area (Å²) in [6.45, 7) is 12.9. The van der Waals surface area contributed by atoms with Crippen molar-refractivity contribution < 1.29 is 21.7 Å². The zero-order valence-electron chi connectivity index (χ0n) is 11.7. The Bertz CT molecular complexity index is 248. The van der Waals surface area contributed by atoms with Gasteiger partial charge in [0, 0.05) is 0 Å². The third kappa shape index (κ3) is 10.8. The topological polar surface area (TPSA) is 0 Å². The van der Waals surface area contributed by atoms with Gasteiger partial charge >= 0.3 is 21.7 Å². The molecule has 0 saturated heterocycles. The maximum atomic E-state index is 3.36. The standard InChI is InChI=1S/C9H13.C4H10P.2ClH.Ti/c1-6-5-7(2)9(4)8(6)3;1-3-4(2)5;;;/h6H,1-4H3;3,5H2,1-2H3;2*1H;/q2*-1;;;+2. The van der Waals surface area contributed by atoms with Gasteiger partial charge in [0.2, 0.25) is 0 Å². The first kappa shape index (κ1) is 26.7. The third-order valence-corrected chi connectivity index (χ3v) is 3.20. The fourth-order valence-electron chi connectivity index (χ4n) is 1.16. The molecule has 2 unspecified atom stereocenters. The average Bonchev–Trinajstić information content (AvgIpc) is 2.34. The maximum absolute atomic E-state index is 3.36. The minimum atomic E-state index is 0. The van der Waals surface area contributed by atoms with Gasteiger partial charge in [0.05, 0.1) is 0 Å². The average molecular weight is 331 g/mol. The fourth-order valence-corrected chi connectivity index (χ4v) is 1.16. The van der Waals surface area contributed by atoms with Crippen LogP contribution in [0.2, 0.25) is 0 Å². The van der Waals surface area contributed by atoms with Crippen molar-refractivity contribution in [1.29, 1.82) is 0 Å². The van der Waals surface area contributed by atoms with Crippen LogP contribution in [0.1, 0.15) is 48.0 Å². The van der Waals surface area contributed by atoms with Crippen molar-refractivity contribution in [1.82, 2.24) is 0 Å². The van der Waals surface area contributed by atoms with Gasteiger partial charge in [-0.15, -0.1) is 31.7 Å². The number of hydrogen-bond acceptors (Lipinski definition) is 0. The van der Waals surface area contributed by atoms with Crippen LogP contribution in [0.4, 0.5) is 0 Å². The molecule has 0 aromatic rings. The molecule has 17 heavy (non-hydrogen) atoms. The van der Waals surface area contributed by atoms with Crippen LogP contribution in [0.5, 0.6) is 0 Å². The Kier molecular flexibility index (Phi) is 21.4. The molecule has 0 amide bonds. The molecule has 0 N–H and O–H groups in total. The molecule has 0 aromatic carbocycles. The van der Waals surface area contributed by atoms with E-state index in [1.807, 2.05) is 0 Å². The molecule has 0 aromatic heterocycles. The summed E-state index contributed by atoms with van der Waals surface area (Å²) < 4.78 is 0. The molecule has 100 valence electrons. The number of hydrogen-bond donors (Lipinski definition) is 0. The van der Waals surface area contributed by atoms with E-state index in [4.69, 9.17) is 0 Å². The molecule has 1 aliphatic rings. The van der Waals surface area contributed by atoms with Gasteiger partial charge in [-0.1, -0.05) is 33.6 Å². The Morgan fingerprint density at radius 2 is 1.59 bits per heavy atom. The van der Waals surface area contributed by atoms with E-state index in [0.717, 1.165) is 0 Å². The van der Waals surface area contributed by atoms with E-state index >= 15 is 0 Å². The van der Waals surface area contributed by atoms with Crippen LogP contribution in [0.15, 0.2) is 16.7 Å². The molecule has 0 bridgehead atoms. The van der Waals surface area contributed by atoms with Crippen molar-refractivity contribution in [2.45, 2.75) is 48.0 Å². The smallest absolute Gasteiger partial charge is 0.297 e. The zero-order chi connectivity index (χ0) is 11.3. The zero-order valence-corrected chi connectivity index (χ0v) is 16.0. The second kappa shape index (κ2) is 13.6. The van der Waals surface area contributed by atoms with E-state index in [-0.39, 0.29) is 46.5 Å². The van der Waals surface area contributed by atoms with Crippen LogP contribution in [-0.4, -0.2) is 0 Å². The number of halogens is 2. The van der Waals surface area contributed by atoms with Gasteiger partial charge in [0.1, 0.15) is 0 Å². The quantitative estimate of drug-likeness (QED) is 0.343. The second-order valence-corrected chi connectivity index (χ2v) is 4.98. The third-order valence-electron chi connectivity index (χ3n) is 2.79. The summed E-state index contributed by atoms with van der Waals surface area (Å²) >= 11 is 0. The van der Waals surface area contributed by atoms with E-state index in [1.54, 1.807) is 0 Å². The van der Waals surface area contributed by atoms with Crippen LogP contribution in [-0.2, 0) is 21.7 Å². The second-order valence-electron chi connectivity index (χ2n) is 4.00. The van der Waals surface area contributed by atoms with Gasteiger partial charge in [-0.3, -0.25) is 21.0 Å². The summed E-state index contributed by atoms with van der Waals surface area (Å²) in [4.78, 5) is 0. The monoisotopic (exact) mass is 330 g/mol. The van der Waals surface area contributed by atoms with Crippen LogP contribution in [0.3, 0.4) is 0 Å². The van der Waals surface area contributed by atoms with Crippen LogP contribution in [0, 0.1) is 17.7 Å². The largest absolute Gasteiger partial charge is 2.00 e. The summed E-state index contributed by atoms with van der Waals surface area (Å²) in [6.07, 6.45) is 4.54. The van der Waals surface area contributed by atoms with Crippen molar-refractivity contribution in [3.8, 4) is 0 Å². The number of allylic oxidation sites excluding steroid dienone is 4. The van der Waals surface area contributed by atoms with Crippen molar-refractivity contribution in [3.63, 3.8) is 0 Å². The normalized spacial score (nSPS) is 17.2. The molecule has 1 rings (SSSR count). The van der Waals surface area contributed by atoms with Gasteiger partial charge in [-0.2, -0.15) is 24.5 Å². The SMILES string of the molecule is CC1=[C-]C(C)C(C)=C1C.CC[C-](C)P.Cl.Cl.[Ti+2]. The number of rotatable bonds is 1. The minimum absolute atomic E-state index is 0. The molecular formula is C13H25Cl2PTi. The summed E-state index contributed by atoms with van der Waals surface area (Å²) in [5.41, 5.74) is 5.67. The molecule has 4 heteroatoms. The Balaban J connectivity index is -0.0000000948. The van der Waals surface area contributed by atoms with Crippen LogP contribution >= 0.6 is 34.1 Å². The van der Waals surface area contributed by atoms with E-state index < -0.39 is 0 Å². The molecule has 0 saturated carbocycles. The minimum Gasteiger partial charge on any atom is -0.297 e. The molecule has 2 atom stereocenters. The first-order chi connectivity index (χ1) is 6.40. The molecule has 0 spiro atoms. The van der Waals surface area contributed by atoms with Gasteiger partial charge < -0.3 is 0 Å². The Hall–Kier alpha value is 1.20. The maximum Gasteiger partial charge on any atom is 2.00 e. The molecule has 0 heterocycles. The molecule has 0 radical (unpaired) electrons. The summed E-state index contributed by atoms with van der Waals surface area (Å²) in [7, 11) is 2.65. The van der Waals surface area contributed by atoms with E-state index in [0.29, 0.717) is 5.92 Å². The van der Waals surface area contributed by atoms with E-state index in [2.05, 4.69) is 56.9 Å². The van der Waals surface area contributed by atoms with Gasteiger partial charge in [-0.25, -0.2) is 5.57 Å². The Morgan fingerprint density at radius 3 is 1.65 bits per heavy atom. The van der Waals surface area contributed by atoms with Crippen LogP contribution in [0.25, 0.3) is 0 Å². The van der Waals surface area contributed by atoms with Gasteiger partial charge in [-0.05, 0) is 0 Å². The summed E-state index contributed by atoms with van der Waals surface area (Å²) in [5.74, 6) is 0.560. The first-order valence-corrected chi connectivity index (χ1v) is 5.83. The van der Waals surface area contributed by atoms with Crippen molar-refractivity contribution in [2.24, 2.45) is 5.92 Å². The fraction of sp³-hybridized carbons (Fsp3) is 0.615. The summed E-state index contributed by atoms with van der Waals surface area (Å²) in [6, 6.07) is 0. The molecule has 0 nitrogen and oxygen atoms in total. The molecule has 1 aliphatic carbocycles. The van der Waals surface area contributed by atoms with Crippen LogP contribution < -0.4 is 0 Å². The van der Waals surface area contributed by atoms with Crippen molar-refractivity contribution >= 4 is 34.1 Å². The van der Waals surface area contributed by atoms with Crippen molar-refractivity contribution in [3.05, 3.63) is 28.5 Å². The van der Waals surface area contributed by atoms with E-state index in [1.165, 1.54) is 28.8 Å². The van der Waals surface area contributed by atoms with Crippen molar-refractivity contribution in [2.75, 3.05) is 0 Å². The Morgan fingerprint density at radius 1 is 1.24 bits per heavy atom. The predicted molar refractivity (Wildman–Crippen MR) is 83.4 cm³/mol.